The molecule has 2 heterocycles. The van der Waals surface area contributed by atoms with Crippen LogP contribution in [0.4, 0.5) is 11.6 Å². The molecule has 4 nitrogen and oxygen atoms in total. The van der Waals surface area contributed by atoms with Crippen molar-refractivity contribution in [1.82, 2.24) is 9.97 Å². The van der Waals surface area contributed by atoms with E-state index in [-0.39, 0.29) is 0 Å². The fraction of sp³-hybridized carbons (Fsp3) is 0.733. The smallest absolute Gasteiger partial charge is 0.136 e. The number of anilines is 2. The summed E-state index contributed by atoms with van der Waals surface area (Å²) in [5, 5.41) is 7.68. The number of rotatable bonds is 6. The Hall–Kier alpha value is -0.970. The van der Waals surface area contributed by atoms with Crippen molar-refractivity contribution < 1.29 is 0 Å². The molecule has 20 heavy (non-hydrogen) atoms. The first-order valence-corrected chi connectivity index (χ1v) is 8.80. The molecular formula is C15H24N4S. The maximum absolute atomic E-state index is 4.77. The van der Waals surface area contributed by atoms with Crippen LogP contribution in [0.3, 0.4) is 0 Å². The van der Waals surface area contributed by atoms with Gasteiger partial charge >= 0.3 is 0 Å². The fourth-order valence-corrected chi connectivity index (χ4v) is 3.79. The van der Waals surface area contributed by atoms with Crippen molar-refractivity contribution >= 4 is 23.4 Å². The van der Waals surface area contributed by atoms with Crippen LogP contribution in [0, 0.1) is 6.92 Å². The van der Waals surface area contributed by atoms with Gasteiger partial charge in [-0.3, -0.25) is 0 Å². The second-order valence-electron chi connectivity index (χ2n) is 5.72. The summed E-state index contributed by atoms with van der Waals surface area (Å²) in [7, 11) is 0. The van der Waals surface area contributed by atoms with E-state index in [1.54, 1.807) is 0 Å². The SMILES string of the molecule is CCNc1nc(C2CC2)nc(NCC2CCCS2)c1C. The predicted molar refractivity (Wildman–Crippen MR) is 86.9 cm³/mol. The summed E-state index contributed by atoms with van der Waals surface area (Å²) in [6.45, 7) is 6.15. The molecule has 1 aromatic heterocycles. The molecule has 2 aliphatic rings. The van der Waals surface area contributed by atoms with Gasteiger partial charge in [-0.1, -0.05) is 0 Å². The molecule has 1 aliphatic heterocycles. The van der Waals surface area contributed by atoms with Gasteiger partial charge in [0.05, 0.1) is 0 Å². The van der Waals surface area contributed by atoms with E-state index in [1.807, 2.05) is 0 Å². The van der Waals surface area contributed by atoms with Crippen molar-refractivity contribution in [2.45, 2.75) is 50.7 Å². The second-order valence-corrected chi connectivity index (χ2v) is 7.13. The van der Waals surface area contributed by atoms with Gasteiger partial charge < -0.3 is 10.6 Å². The second kappa shape index (κ2) is 6.20. The highest BCUT2D eigenvalue weighted by atomic mass is 32.2. The largest absolute Gasteiger partial charge is 0.370 e. The van der Waals surface area contributed by atoms with Crippen LogP contribution in [0.25, 0.3) is 0 Å². The summed E-state index contributed by atoms with van der Waals surface area (Å²) in [6.07, 6.45) is 5.17. The standard InChI is InChI=1S/C15H24N4S/c1-3-16-13-10(2)14(17-9-12-5-4-8-20-12)19-15(18-13)11-6-7-11/h11-12H,3-9H2,1-2H3,(H2,16,17,18,19). The first-order valence-electron chi connectivity index (χ1n) is 7.75. The van der Waals surface area contributed by atoms with Crippen molar-refractivity contribution in [3.8, 4) is 0 Å². The van der Waals surface area contributed by atoms with Crippen LogP contribution in [0.1, 0.15) is 49.9 Å². The lowest BCUT2D eigenvalue weighted by Crippen LogP contribution is -2.17. The van der Waals surface area contributed by atoms with E-state index in [0.29, 0.717) is 5.92 Å². The monoisotopic (exact) mass is 292 g/mol. The Balaban J connectivity index is 1.76. The van der Waals surface area contributed by atoms with Crippen LogP contribution >= 0.6 is 11.8 Å². The average Bonchev–Trinajstić information content (AvgIpc) is 3.17. The maximum Gasteiger partial charge on any atom is 0.136 e. The molecule has 1 aliphatic carbocycles. The average molecular weight is 292 g/mol. The molecular weight excluding hydrogens is 268 g/mol. The van der Waals surface area contributed by atoms with Crippen molar-refractivity contribution in [2.75, 3.05) is 29.5 Å². The van der Waals surface area contributed by atoms with E-state index >= 15 is 0 Å². The Morgan fingerprint density at radius 2 is 1.90 bits per heavy atom. The predicted octanol–water partition coefficient (Wildman–Crippen LogP) is 3.40. The summed E-state index contributed by atoms with van der Waals surface area (Å²) < 4.78 is 0. The molecule has 0 spiro atoms. The highest BCUT2D eigenvalue weighted by molar-refractivity contribution is 8.00. The Bertz CT molecular complexity index is 467. The highest BCUT2D eigenvalue weighted by Crippen LogP contribution is 2.39. The fourth-order valence-electron chi connectivity index (χ4n) is 2.59. The molecule has 0 aromatic carbocycles. The molecule has 3 rings (SSSR count). The summed E-state index contributed by atoms with van der Waals surface area (Å²) in [5.41, 5.74) is 1.15. The number of hydrogen-bond acceptors (Lipinski definition) is 5. The molecule has 0 radical (unpaired) electrons. The third-order valence-corrected chi connectivity index (χ3v) is 5.37. The van der Waals surface area contributed by atoms with Crippen molar-refractivity contribution in [1.29, 1.82) is 0 Å². The van der Waals surface area contributed by atoms with Gasteiger partial charge in [-0.15, -0.1) is 0 Å². The molecule has 2 fully saturated rings. The van der Waals surface area contributed by atoms with E-state index in [1.165, 1.54) is 31.4 Å². The van der Waals surface area contributed by atoms with Crippen LogP contribution in [0.15, 0.2) is 0 Å². The molecule has 1 unspecified atom stereocenters. The van der Waals surface area contributed by atoms with Gasteiger partial charge in [0.25, 0.3) is 0 Å². The van der Waals surface area contributed by atoms with E-state index in [0.717, 1.165) is 41.4 Å². The Morgan fingerprint density at radius 1 is 1.15 bits per heavy atom. The van der Waals surface area contributed by atoms with Gasteiger partial charge in [-0.05, 0) is 45.3 Å². The van der Waals surface area contributed by atoms with Crippen molar-refractivity contribution in [3.63, 3.8) is 0 Å². The van der Waals surface area contributed by atoms with Crippen LogP contribution in [0.5, 0.6) is 0 Å². The van der Waals surface area contributed by atoms with Gasteiger partial charge in [-0.25, -0.2) is 9.97 Å². The maximum atomic E-state index is 4.77. The topological polar surface area (TPSA) is 49.8 Å². The Labute approximate surface area is 125 Å². The third-order valence-electron chi connectivity index (χ3n) is 3.97. The zero-order chi connectivity index (χ0) is 13.9. The third kappa shape index (κ3) is 3.19. The quantitative estimate of drug-likeness (QED) is 0.841. The van der Waals surface area contributed by atoms with E-state index in [9.17, 15) is 0 Å². The first-order chi connectivity index (χ1) is 9.78. The Morgan fingerprint density at radius 3 is 2.50 bits per heavy atom. The van der Waals surface area contributed by atoms with Gasteiger partial charge in [0.1, 0.15) is 17.5 Å². The number of aromatic nitrogens is 2. The first kappa shape index (κ1) is 14.0. The van der Waals surface area contributed by atoms with Crippen molar-refractivity contribution in [2.24, 2.45) is 0 Å². The lowest BCUT2D eigenvalue weighted by atomic mass is 10.2. The van der Waals surface area contributed by atoms with Gasteiger partial charge in [0.15, 0.2) is 0 Å². The zero-order valence-electron chi connectivity index (χ0n) is 12.4. The van der Waals surface area contributed by atoms with E-state index in [4.69, 9.17) is 9.97 Å². The molecule has 5 heteroatoms. The number of hydrogen-bond donors (Lipinski definition) is 2. The number of nitrogens with zero attached hydrogens (tertiary/aromatic N) is 2. The summed E-state index contributed by atoms with van der Waals surface area (Å²) in [4.78, 5) is 9.46. The lowest BCUT2D eigenvalue weighted by molar-refractivity contribution is 0.800. The van der Waals surface area contributed by atoms with Crippen molar-refractivity contribution in [3.05, 3.63) is 11.4 Å². The molecule has 2 N–H and O–H groups in total. The molecule has 1 saturated carbocycles. The van der Waals surface area contributed by atoms with Crippen LogP contribution in [0.2, 0.25) is 0 Å². The normalized spacial score (nSPS) is 22.0. The highest BCUT2D eigenvalue weighted by Gasteiger charge is 2.28. The van der Waals surface area contributed by atoms with E-state index in [2.05, 4.69) is 36.2 Å². The van der Waals surface area contributed by atoms with Crippen LogP contribution in [-0.4, -0.2) is 34.1 Å². The van der Waals surface area contributed by atoms with Gasteiger partial charge in [-0.2, -0.15) is 11.8 Å². The molecule has 1 atom stereocenters. The number of nitrogens with one attached hydrogen (secondary N) is 2. The minimum atomic E-state index is 0.592. The molecule has 0 amide bonds. The van der Waals surface area contributed by atoms with E-state index < -0.39 is 0 Å². The molecule has 0 bridgehead atoms. The summed E-state index contributed by atoms with van der Waals surface area (Å²) in [5.74, 6) is 4.96. The van der Waals surface area contributed by atoms with Gasteiger partial charge in [0.2, 0.25) is 0 Å². The summed E-state index contributed by atoms with van der Waals surface area (Å²) >= 11 is 2.08. The van der Waals surface area contributed by atoms with Crippen LogP contribution < -0.4 is 10.6 Å². The Kier molecular flexibility index (Phi) is 4.34. The molecule has 1 saturated heterocycles. The summed E-state index contributed by atoms with van der Waals surface area (Å²) in [6, 6.07) is 0. The minimum absolute atomic E-state index is 0.592. The molecule has 1 aromatic rings. The van der Waals surface area contributed by atoms with Gasteiger partial charge in [0, 0.05) is 29.8 Å². The minimum Gasteiger partial charge on any atom is -0.370 e. The molecule has 110 valence electrons. The zero-order valence-corrected chi connectivity index (χ0v) is 13.2. The van der Waals surface area contributed by atoms with Crippen LogP contribution in [-0.2, 0) is 0 Å². The lowest BCUT2D eigenvalue weighted by Gasteiger charge is -2.16. The number of thioether (sulfide) groups is 1.